The lowest BCUT2D eigenvalue weighted by atomic mass is 9.82. The molecule has 1 heterocycles. The number of allylic oxidation sites excluding steroid dienone is 2. The summed E-state index contributed by atoms with van der Waals surface area (Å²) in [7, 11) is 1.30. The van der Waals surface area contributed by atoms with Gasteiger partial charge >= 0.3 is 5.97 Å². The average Bonchev–Trinajstić information content (AvgIpc) is 2.68. The van der Waals surface area contributed by atoms with Crippen molar-refractivity contribution in [3.63, 3.8) is 0 Å². The number of nitrogens with two attached hydrogens (primary N) is 1. The fourth-order valence-corrected chi connectivity index (χ4v) is 3.09. The molecule has 0 fully saturated rings. The fraction of sp³-hybridized carbons (Fsp3) is 0.143. The molecule has 1 aliphatic heterocycles. The highest BCUT2D eigenvalue weighted by Crippen LogP contribution is 2.39. The summed E-state index contributed by atoms with van der Waals surface area (Å²) in [6.07, 6.45) is 0. The number of nitriles is 1. The van der Waals surface area contributed by atoms with Crippen LogP contribution in [-0.4, -0.2) is 13.1 Å². The molecule has 2 aromatic rings. The van der Waals surface area contributed by atoms with Gasteiger partial charge in [0.1, 0.15) is 17.4 Å². The number of rotatable bonds is 3. The van der Waals surface area contributed by atoms with Crippen molar-refractivity contribution >= 4 is 5.97 Å². The first-order valence-corrected chi connectivity index (χ1v) is 8.09. The summed E-state index contributed by atoms with van der Waals surface area (Å²) in [5.41, 5.74) is 9.26. The average molecular weight is 346 g/mol. The van der Waals surface area contributed by atoms with Gasteiger partial charge in [0.25, 0.3) is 0 Å². The molecule has 0 aliphatic carbocycles. The molecule has 0 saturated heterocycles. The van der Waals surface area contributed by atoms with Gasteiger partial charge in [-0.2, -0.15) is 5.26 Å². The number of esters is 1. The lowest BCUT2D eigenvalue weighted by molar-refractivity contribution is -0.136. The highest BCUT2D eigenvalue weighted by molar-refractivity contribution is 5.92. The van der Waals surface area contributed by atoms with Gasteiger partial charge in [0.15, 0.2) is 0 Å². The number of hydrogen-bond donors (Lipinski definition) is 1. The van der Waals surface area contributed by atoms with Crippen molar-refractivity contribution in [3.8, 4) is 17.2 Å². The third-order valence-electron chi connectivity index (χ3n) is 4.36. The van der Waals surface area contributed by atoms with Crippen molar-refractivity contribution in [2.75, 3.05) is 7.11 Å². The molecular formula is C21H18N2O3. The van der Waals surface area contributed by atoms with Gasteiger partial charge in [-0.25, -0.2) is 4.79 Å². The van der Waals surface area contributed by atoms with E-state index in [1.165, 1.54) is 7.11 Å². The lowest BCUT2D eigenvalue weighted by Gasteiger charge is -2.26. The maximum Gasteiger partial charge on any atom is 0.338 e. The molecule has 0 bridgehead atoms. The lowest BCUT2D eigenvalue weighted by Crippen LogP contribution is -2.25. The Bertz CT molecular complexity index is 935. The molecular weight excluding hydrogens is 328 g/mol. The van der Waals surface area contributed by atoms with Crippen molar-refractivity contribution in [3.05, 3.63) is 82.9 Å². The van der Waals surface area contributed by atoms with Crippen LogP contribution in [0, 0.1) is 11.3 Å². The third kappa shape index (κ3) is 3.05. The number of carbonyl (C=O) groups excluding carboxylic acids is 1. The molecule has 0 saturated carbocycles. The Labute approximate surface area is 152 Å². The smallest absolute Gasteiger partial charge is 0.338 e. The van der Waals surface area contributed by atoms with Crippen LogP contribution in [-0.2, 0) is 14.3 Å². The van der Waals surface area contributed by atoms with Crippen molar-refractivity contribution in [2.24, 2.45) is 5.73 Å². The minimum absolute atomic E-state index is 0.00906. The summed E-state index contributed by atoms with van der Waals surface area (Å²) in [5.74, 6) is -0.814. The topological polar surface area (TPSA) is 85.3 Å². The Morgan fingerprint density at radius 2 is 1.73 bits per heavy atom. The van der Waals surface area contributed by atoms with Gasteiger partial charge in [0, 0.05) is 0 Å². The first-order valence-electron chi connectivity index (χ1n) is 8.09. The predicted octanol–water partition coefficient (Wildman–Crippen LogP) is 3.61. The van der Waals surface area contributed by atoms with E-state index in [4.69, 9.17) is 15.2 Å². The van der Waals surface area contributed by atoms with Crippen LogP contribution in [0.2, 0.25) is 0 Å². The van der Waals surface area contributed by atoms with E-state index in [1.54, 1.807) is 6.92 Å². The standard InChI is InChI=1S/C21H18N2O3/c1-13-18(21(24)25-2)19(17(12-22)20(23)26-13)16-10-8-15(9-11-16)14-6-4-3-5-7-14/h3-11,19H,23H2,1-2H3/t19-/m0/s1. The van der Waals surface area contributed by atoms with E-state index in [9.17, 15) is 10.1 Å². The van der Waals surface area contributed by atoms with Gasteiger partial charge < -0.3 is 15.2 Å². The fourth-order valence-electron chi connectivity index (χ4n) is 3.09. The molecule has 26 heavy (non-hydrogen) atoms. The van der Waals surface area contributed by atoms with E-state index < -0.39 is 11.9 Å². The molecule has 1 atom stereocenters. The summed E-state index contributed by atoms with van der Waals surface area (Å²) in [6, 6.07) is 19.7. The molecule has 0 aromatic heterocycles. The van der Waals surface area contributed by atoms with E-state index in [0.29, 0.717) is 5.76 Å². The van der Waals surface area contributed by atoms with Crippen molar-refractivity contribution < 1.29 is 14.3 Å². The molecule has 130 valence electrons. The summed E-state index contributed by atoms with van der Waals surface area (Å²) >= 11 is 0. The van der Waals surface area contributed by atoms with Crippen LogP contribution in [0.3, 0.4) is 0 Å². The van der Waals surface area contributed by atoms with Crippen LogP contribution in [0.5, 0.6) is 0 Å². The Balaban J connectivity index is 2.07. The Kier molecular flexibility index (Phi) is 4.76. The normalized spacial score (nSPS) is 16.7. The molecule has 0 radical (unpaired) electrons. The molecule has 2 aromatic carbocycles. The van der Waals surface area contributed by atoms with Gasteiger partial charge in [-0.15, -0.1) is 0 Å². The van der Waals surface area contributed by atoms with Crippen LogP contribution in [0.25, 0.3) is 11.1 Å². The molecule has 0 spiro atoms. The van der Waals surface area contributed by atoms with Crippen LogP contribution >= 0.6 is 0 Å². The molecule has 5 heteroatoms. The van der Waals surface area contributed by atoms with Crippen LogP contribution in [0.15, 0.2) is 77.4 Å². The van der Waals surface area contributed by atoms with Crippen molar-refractivity contribution in [1.29, 1.82) is 5.26 Å². The van der Waals surface area contributed by atoms with Crippen LogP contribution < -0.4 is 5.73 Å². The second-order valence-electron chi connectivity index (χ2n) is 5.87. The second kappa shape index (κ2) is 7.16. The summed E-state index contributed by atoms with van der Waals surface area (Å²) in [4.78, 5) is 12.3. The van der Waals surface area contributed by atoms with Gasteiger partial charge in [0.2, 0.25) is 5.88 Å². The number of benzene rings is 2. The van der Waals surface area contributed by atoms with Crippen molar-refractivity contribution in [2.45, 2.75) is 12.8 Å². The Hall–Kier alpha value is -3.52. The van der Waals surface area contributed by atoms with Gasteiger partial charge in [-0.3, -0.25) is 0 Å². The first kappa shape index (κ1) is 17.3. The first-order chi connectivity index (χ1) is 12.6. The molecule has 2 N–H and O–H groups in total. The Morgan fingerprint density at radius 3 is 2.31 bits per heavy atom. The number of hydrogen-bond acceptors (Lipinski definition) is 5. The monoisotopic (exact) mass is 346 g/mol. The summed E-state index contributed by atoms with van der Waals surface area (Å²) in [5, 5.41) is 9.54. The summed E-state index contributed by atoms with van der Waals surface area (Å²) in [6.45, 7) is 1.64. The molecule has 0 amide bonds. The summed E-state index contributed by atoms with van der Waals surface area (Å²) < 4.78 is 10.3. The predicted molar refractivity (Wildman–Crippen MR) is 97.2 cm³/mol. The van der Waals surface area contributed by atoms with E-state index in [-0.39, 0.29) is 17.0 Å². The second-order valence-corrected chi connectivity index (χ2v) is 5.87. The maximum absolute atomic E-state index is 12.3. The zero-order valence-electron chi connectivity index (χ0n) is 14.5. The third-order valence-corrected chi connectivity index (χ3v) is 4.36. The quantitative estimate of drug-likeness (QED) is 0.858. The molecule has 5 nitrogen and oxygen atoms in total. The van der Waals surface area contributed by atoms with E-state index in [0.717, 1.165) is 16.7 Å². The number of ether oxygens (including phenoxy) is 2. The molecule has 0 unspecified atom stereocenters. The zero-order chi connectivity index (χ0) is 18.7. The van der Waals surface area contributed by atoms with Gasteiger partial charge in [-0.05, 0) is 23.6 Å². The van der Waals surface area contributed by atoms with Crippen molar-refractivity contribution in [1.82, 2.24) is 0 Å². The minimum Gasteiger partial charge on any atom is -0.466 e. The maximum atomic E-state index is 12.3. The van der Waals surface area contributed by atoms with E-state index in [1.807, 2.05) is 54.6 Å². The van der Waals surface area contributed by atoms with E-state index in [2.05, 4.69) is 6.07 Å². The van der Waals surface area contributed by atoms with Gasteiger partial charge in [0.05, 0.1) is 18.6 Å². The SMILES string of the molecule is COC(=O)C1=C(C)OC(N)=C(C#N)[C@@H]1c1ccc(-c2ccccc2)cc1. The Morgan fingerprint density at radius 1 is 1.12 bits per heavy atom. The van der Waals surface area contributed by atoms with E-state index >= 15 is 0 Å². The number of methoxy groups -OCH3 is 1. The number of nitrogens with zero attached hydrogens (tertiary/aromatic N) is 1. The highest BCUT2D eigenvalue weighted by Gasteiger charge is 2.35. The largest absolute Gasteiger partial charge is 0.466 e. The number of carbonyl (C=O) groups is 1. The van der Waals surface area contributed by atoms with Gasteiger partial charge in [-0.1, -0.05) is 54.6 Å². The highest BCUT2D eigenvalue weighted by atomic mass is 16.5. The molecule has 1 aliphatic rings. The van der Waals surface area contributed by atoms with Crippen LogP contribution in [0.1, 0.15) is 18.4 Å². The minimum atomic E-state index is -0.619. The molecule has 3 rings (SSSR count). The zero-order valence-corrected chi connectivity index (χ0v) is 14.5. The van der Waals surface area contributed by atoms with Crippen LogP contribution in [0.4, 0.5) is 0 Å².